The fourth-order valence-corrected chi connectivity index (χ4v) is 6.79. The van der Waals surface area contributed by atoms with Gasteiger partial charge >= 0.3 is 12.4 Å². The van der Waals surface area contributed by atoms with Gasteiger partial charge in [0.05, 0.1) is 28.8 Å². The SMILES string of the molecule is CCN(c1ncccn1)S(=O)(=O)c1ccc(Nc2cc3c(-c4ccc5c(cnn5CC(O)(C(F)(F)F)C(F)(F)F)c4C)nccc3cn2)cc1. The number of aromatic nitrogens is 6. The molecule has 0 spiro atoms. The molecule has 0 saturated heterocycles. The van der Waals surface area contributed by atoms with Crippen LogP contribution >= 0.6 is 0 Å². The number of anilines is 3. The van der Waals surface area contributed by atoms with Crippen molar-refractivity contribution in [3.8, 4) is 11.3 Å². The van der Waals surface area contributed by atoms with Gasteiger partial charge in [-0.1, -0.05) is 6.07 Å². The third-order valence-electron chi connectivity index (χ3n) is 8.09. The highest BCUT2D eigenvalue weighted by atomic mass is 32.2. The lowest BCUT2D eigenvalue weighted by Crippen LogP contribution is -2.59. The smallest absolute Gasteiger partial charge is 0.372 e. The van der Waals surface area contributed by atoms with E-state index in [9.17, 15) is 39.9 Å². The summed E-state index contributed by atoms with van der Waals surface area (Å²) < 4.78 is 108. The third-order valence-corrected chi connectivity index (χ3v) is 9.96. The van der Waals surface area contributed by atoms with Crippen LogP contribution in [0.15, 0.2) is 90.5 Å². The number of halogens is 6. The number of fused-ring (bicyclic) bond motifs is 2. The number of pyridine rings is 2. The van der Waals surface area contributed by atoms with E-state index in [1.165, 1.54) is 42.9 Å². The summed E-state index contributed by atoms with van der Waals surface area (Å²) in [6.07, 6.45) is -4.85. The predicted molar refractivity (Wildman–Crippen MR) is 172 cm³/mol. The molecule has 0 bridgehead atoms. The summed E-state index contributed by atoms with van der Waals surface area (Å²) in [5, 5.41) is 18.2. The topological polar surface area (TPSA) is 139 Å². The molecule has 0 aliphatic carbocycles. The lowest BCUT2D eigenvalue weighted by atomic mass is 9.98. The second-order valence-corrected chi connectivity index (χ2v) is 13.0. The predicted octanol–water partition coefficient (Wildman–Crippen LogP) is 6.56. The Balaban J connectivity index is 1.30. The molecule has 0 fully saturated rings. The van der Waals surface area contributed by atoms with Crippen LogP contribution < -0.4 is 9.62 Å². The van der Waals surface area contributed by atoms with Gasteiger partial charge in [-0.05, 0) is 67.9 Å². The van der Waals surface area contributed by atoms with Crippen molar-refractivity contribution in [1.29, 1.82) is 0 Å². The van der Waals surface area contributed by atoms with E-state index in [0.717, 1.165) is 10.5 Å². The first-order valence-electron chi connectivity index (χ1n) is 14.8. The van der Waals surface area contributed by atoms with Crippen molar-refractivity contribution in [2.24, 2.45) is 0 Å². The molecule has 0 aliphatic heterocycles. The molecule has 4 aromatic heterocycles. The number of hydrogen-bond acceptors (Lipinski definition) is 9. The quantitative estimate of drug-likeness (QED) is 0.159. The maximum atomic E-state index is 13.4. The van der Waals surface area contributed by atoms with Crippen LogP contribution in [0.1, 0.15) is 12.5 Å². The Morgan fingerprint density at radius 2 is 1.54 bits per heavy atom. The van der Waals surface area contributed by atoms with Crippen molar-refractivity contribution in [3.63, 3.8) is 0 Å². The van der Waals surface area contributed by atoms with E-state index in [-0.39, 0.29) is 28.3 Å². The first-order valence-corrected chi connectivity index (χ1v) is 16.2. The summed E-state index contributed by atoms with van der Waals surface area (Å²) in [6.45, 7) is 1.52. The number of hydrogen-bond donors (Lipinski definition) is 2. The maximum absolute atomic E-state index is 13.4. The Kier molecular flexibility index (Phi) is 8.63. The third kappa shape index (κ3) is 6.04. The maximum Gasteiger partial charge on any atom is 0.428 e. The molecule has 0 atom stereocenters. The molecule has 6 rings (SSSR count). The van der Waals surface area contributed by atoms with Gasteiger partial charge in [-0.2, -0.15) is 31.4 Å². The Morgan fingerprint density at radius 1 is 0.860 bits per heavy atom. The molecule has 0 amide bonds. The van der Waals surface area contributed by atoms with E-state index >= 15 is 0 Å². The van der Waals surface area contributed by atoms with Crippen LogP contribution in [0, 0.1) is 6.92 Å². The Morgan fingerprint density at radius 3 is 2.18 bits per heavy atom. The summed E-state index contributed by atoms with van der Waals surface area (Å²) in [7, 11) is -3.96. The van der Waals surface area contributed by atoms with Crippen LogP contribution in [0.25, 0.3) is 32.9 Å². The van der Waals surface area contributed by atoms with Gasteiger partial charge in [-0.3, -0.25) is 9.67 Å². The van der Waals surface area contributed by atoms with Crippen molar-refractivity contribution in [2.75, 3.05) is 16.2 Å². The molecule has 2 aromatic carbocycles. The van der Waals surface area contributed by atoms with E-state index in [0.29, 0.717) is 43.8 Å². The molecule has 0 aliphatic rings. The number of rotatable bonds is 9. The summed E-state index contributed by atoms with van der Waals surface area (Å²) in [5.41, 5.74) is -3.10. The lowest BCUT2D eigenvalue weighted by molar-refractivity contribution is -0.372. The summed E-state index contributed by atoms with van der Waals surface area (Å²) in [4.78, 5) is 17.0. The van der Waals surface area contributed by atoms with Crippen LogP contribution in [0.2, 0.25) is 0 Å². The number of benzene rings is 2. The number of aryl methyl sites for hydroxylation is 1. The summed E-state index contributed by atoms with van der Waals surface area (Å²) in [5.74, 6) is 0.417. The minimum absolute atomic E-state index is 0.0194. The van der Waals surface area contributed by atoms with Gasteiger partial charge in [0.25, 0.3) is 15.6 Å². The van der Waals surface area contributed by atoms with Crippen LogP contribution in [-0.2, 0) is 16.6 Å². The molecular weight excluding hydrogens is 690 g/mol. The minimum Gasteiger partial charge on any atom is -0.372 e. The van der Waals surface area contributed by atoms with Crippen LogP contribution in [-0.4, -0.2) is 67.7 Å². The molecule has 2 N–H and O–H groups in total. The van der Waals surface area contributed by atoms with Crippen molar-refractivity contribution in [3.05, 3.63) is 91.1 Å². The molecule has 6 aromatic rings. The number of nitrogens with zero attached hydrogens (tertiary/aromatic N) is 7. The average Bonchev–Trinajstić information content (AvgIpc) is 3.48. The van der Waals surface area contributed by atoms with Crippen molar-refractivity contribution in [1.82, 2.24) is 29.7 Å². The Labute approximate surface area is 280 Å². The highest BCUT2D eigenvalue weighted by Gasteiger charge is 2.70. The van der Waals surface area contributed by atoms with Gasteiger partial charge in [-0.25, -0.2) is 27.7 Å². The number of alkyl halides is 6. The Bertz CT molecular complexity index is 2280. The number of aliphatic hydroxyl groups is 1. The van der Waals surface area contributed by atoms with E-state index in [1.54, 1.807) is 50.4 Å². The highest BCUT2D eigenvalue weighted by Crippen LogP contribution is 2.44. The van der Waals surface area contributed by atoms with E-state index in [4.69, 9.17) is 0 Å². The van der Waals surface area contributed by atoms with Crippen molar-refractivity contribution < 1.29 is 39.9 Å². The van der Waals surface area contributed by atoms with Crippen LogP contribution in [0.4, 0.5) is 43.8 Å². The average molecular weight is 717 g/mol. The zero-order valence-corrected chi connectivity index (χ0v) is 26.9. The van der Waals surface area contributed by atoms with Gasteiger partial charge < -0.3 is 10.4 Å². The van der Waals surface area contributed by atoms with Crippen molar-refractivity contribution in [2.45, 2.75) is 43.2 Å². The first kappa shape index (κ1) is 34.5. The normalized spacial score (nSPS) is 12.8. The largest absolute Gasteiger partial charge is 0.428 e. The molecule has 0 radical (unpaired) electrons. The molecule has 4 heterocycles. The zero-order valence-electron chi connectivity index (χ0n) is 26.1. The second kappa shape index (κ2) is 12.5. The molecular formula is C32H26F6N8O3S. The highest BCUT2D eigenvalue weighted by molar-refractivity contribution is 7.92. The fraction of sp³-hybridized carbons (Fsp3) is 0.219. The minimum atomic E-state index is -6.00. The molecule has 11 nitrogen and oxygen atoms in total. The van der Waals surface area contributed by atoms with Gasteiger partial charge in [-0.15, -0.1) is 0 Å². The van der Waals surface area contributed by atoms with E-state index < -0.39 is 34.5 Å². The van der Waals surface area contributed by atoms with Gasteiger partial charge in [0, 0.05) is 58.7 Å². The molecule has 0 unspecified atom stereocenters. The van der Waals surface area contributed by atoms with E-state index in [2.05, 4.69) is 30.4 Å². The molecule has 50 heavy (non-hydrogen) atoms. The molecule has 260 valence electrons. The Hall–Kier alpha value is -5.36. The van der Waals surface area contributed by atoms with Gasteiger partial charge in [0.1, 0.15) is 5.82 Å². The van der Waals surface area contributed by atoms with Crippen LogP contribution in [0.3, 0.4) is 0 Å². The summed E-state index contributed by atoms with van der Waals surface area (Å²) in [6, 6.07) is 13.8. The van der Waals surface area contributed by atoms with E-state index in [1.807, 2.05) is 0 Å². The van der Waals surface area contributed by atoms with Crippen LogP contribution in [0.5, 0.6) is 0 Å². The van der Waals surface area contributed by atoms with Crippen molar-refractivity contribution >= 4 is 49.2 Å². The monoisotopic (exact) mass is 716 g/mol. The molecule has 18 heteroatoms. The van der Waals surface area contributed by atoms with Gasteiger partial charge in [0.15, 0.2) is 0 Å². The number of sulfonamides is 1. The fourth-order valence-electron chi connectivity index (χ4n) is 5.40. The standard InChI is InChI=1S/C32H26F6N8O3S/c1-3-46(29-40-12-4-13-41-29)50(48,49)22-7-5-21(6-8-22)44-27-15-24-20(16-42-27)11-14-39-28(24)23-9-10-26-25(19(23)2)17-43-45(26)18-30(47,31(33,34)35)32(36,37)38/h4-17,47H,3,18H2,1-2H3,(H,42,44). The zero-order chi connectivity index (χ0) is 36.1. The van der Waals surface area contributed by atoms with Gasteiger partial charge in [0.2, 0.25) is 5.95 Å². The number of nitrogens with one attached hydrogen (secondary N) is 1. The second-order valence-electron chi connectivity index (χ2n) is 11.1. The summed E-state index contributed by atoms with van der Waals surface area (Å²) >= 11 is 0. The first-order chi connectivity index (χ1) is 23.5. The molecule has 0 saturated carbocycles. The lowest BCUT2D eigenvalue weighted by Gasteiger charge is -2.32.